The minimum Gasteiger partial charge on any atom is -0.467 e. The molecular weight excluding hydrogens is 346 g/mol. The van der Waals surface area contributed by atoms with Gasteiger partial charge in [0.25, 0.3) is 5.91 Å². The number of urea groups is 1. The van der Waals surface area contributed by atoms with Gasteiger partial charge >= 0.3 is 6.03 Å². The summed E-state index contributed by atoms with van der Waals surface area (Å²) in [6, 6.07) is 12.7. The third-order valence-corrected chi connectivity index (χ3v) is 4.93. The normalized spacial score (nSPS) is 23.8. The van der Waals surface area contributed by atoms with Gasteiger partial charge in [0.2, 0.25) is 0 Å². The molecular formula is C19H21N5O3. The van der Waals surface area contributed by atoms with Crippen LogP contribution in [-0.4, -0.2) is 58.9 Å². The van der Waals surface area contributed by atoms with Gasteiger partial charge in [-0.1, -0.05) is 30.3 Å². The van der Waals surface area contributed by atoms with Crippen molar-refractivity contribution in [1.29, 1.82) is 0 Å². The van der Waals surface area contributed by atoms with Crippen molar-refractivity contribution in [3.05, 3.63) is 60.1 Å². The maximum atomic E-state index is 12.9. The second-order valence-corrected chi connectivity index (χ2v) is 6.66. The van der Waals surface area contributed by atoms with Crippen LogP contribution in [0.1, 0.15) is 11.3 Å². The second kappa shape index (κ2) is 6.79. The third-order valence-electron chi connectivity index (χ3n) is 4.93. The molecule has 2 saturated heterocycles. The molecule has 2 atom stereocenters. The fraction of sp³-hybridized carbons (Fsp3) is 0.316. The lowest BCUT2D eigenvalue weighted by atomic mass is 10.1. The highest BCUT2D eigenvalue weighted by Gasteiger charge is 2.52. The lowest BCUT2D eigenvalue weighted by Gasteiger charge is -2.39. The first-order valence-corrected chi connectivity index (χ1v) is 8.74. The molecule has 0 radical (unpaired) electrons. The summed E-state index contributed by atoms with van der Waals surface area (Å²) >= 11 is 0. The molecule has 8 nitrogen and oxygen atoms in total. The molecule has 2 aromatic rings. The Bertz CT molecular complexity index is 865. The molecule has 2 fully saturated rings. The smallest absolute Gasteiger partial charge is 0.327 e. The molecule has 1 aromatic heterocycles. The number of nitrogens with zero attached hydrogens (tertiary/aromatic N) is 4. The number of amides is 3. The van der Waals surface area contributed by atoms with E-state index in [9.17, 15) is 9.59 Å². The fourth-order valence-electron chi connectivity index (χ4n) is 3.47. The zero-order chi connectivity index (χ0) is 19.0. The number of hydrogen-bond donors (Lipinski definition) is 1. The Hall–Kier alpha value is -3.29. The molecule has 27 heavy (non-hydrogen) atoms. The van der Waals surface area contributed by atoms with Crippen LogP contribution in [0.3, 0.4) is 0 Å². The number of imide groups is 1. The lowest BCUT2D eigenvalue weighted by Crippen LogP contribution is -2.65. The molecule has 1 aromatic carbocycles. The fourth-order valence-corrected chi connectivity index (χ4v) is 3.47. The third kappa shape index (κ3) is 3.03. The van der Waals surface area contributed by atoms with Crippen LogP contribution >= 0.6 is 0 Å². The van der Waals surface area contributed by atoms with Crippen molar-refractivity contribution >= 4 is 17.9 Å². The van der Waals surface area contributed by atoms with Gasteiger partial charge in [-0.2, -0.15) is 0 Å². The molecule has 8 heteroatoms. The van der Waals surface area contributed by atoms with Crippen LogP contribution in [0, 0.1) is 0 Å². The molecule has 2 unspecified atom stereocenters. The molecule has 0 saturated carbocycles. The largest absolute Gasteiger partial charge is 0.467 e. The molecule has 1 N–H and O–H groups in total. The summed E-state index contributed by atoms with van der Waals surface area (Å²) in [5.74, 6) is 1.06. The standard InChI is InChI=1S/C19H21N5O3/c1-22-16-15(17(25)23(2)19(22)26)24(12-13-7-4-3-5-8-13)18(21-16)20-11-14-9-6-10-27-14/h3-10,15-16H,11-12H2,1-2H3,(H,20,21). The summed E-state index contributed by atoms with van der Waals surface area (Å²) in [4.78, 5) is 34.4. The van der Waals surface area contributed by atoms with Crippen molar-refractivity contribution in [1.82, 2.24) is 20.0 Å². The predicted molar refractivity (Wildman–Crippen MR) is 98.5 cm³/mol. The maximum Gasteiger partial charge on any atom is 0.327 e. The van der Waals surface area contributed by atoms with Gasteiger partial charge in [0, 0.05) is 20.6 Å². The number of carbonyl (C=O) groups excluding carboxylic acids is 2. The number of carbonyl (C=O) groups is 2. The number of furan rings is 1. The van der Waals surface area contributed by atoms with E-state index in [0.717, 1.165) is 16.2 Å². The van der Waals surface area contributed by atoms with Crippen LogP contribution in [0.25, 0.3) is 0 Å². The number of benzene rings is 1. The average Bonchev–Trinajstić information content (AvgIpc) is 3.32. The van der Waals surface area contributed by atoms with Crippen LogP contribution in [0.15, 0.2) is 58.1 Å². The summed E-state index contributed by atoms with van der Waals surface area (Å²) < 4.78 is 5.35. The van der Waals surface area contributed by atoms with Crippen LogP contribution in [0.5, 0.6) is 0 Å². The molecule has 2 aliphatic heterocycles. The Morgan fingerprint density at radius 3 is 2.59 bits per heavy atom. The minimum atomic E-state index is -0.534. The first kappa shape index (κ1) is 17.1. The summed E-state index contributed by atoms with van der Waals surface area (Å²) in [6.07, 6.45) is 1.14. The van der Waals surface area contributed by atoms with Gasteiger partial charge in [-0.15, -0.1) is 0 Å². The minimum absolute atomic E-state index is 0.241. The van der Waals surface area contributed by atoms with Gasteiger partial charge in [-0.3, -0.25) is 9.69 Å². The van der Waals surface area contributed by atoms with Crippen molar-refractivity contribution in [2.45, 2.75) is 25.3 Å². The van der Waals surface area contributed by atoms with E-state index in [1.165, 1.54) is 7.05 Å². The van der Waals surface area contributed by atoms with Gasteiger partial charge in [0.1, 0.15) is 18.5 Å². The van der Waals surface area contributed by atoms with E-state index in [1.54, 1.807) is 18.2 Å². The molecule has 140 valence electrons. The number of fused-ring (bicyclic) bond motifs is 1. The first-order valence-electron chi connectivity index (χ1n) is 8.74. The number of aliphatic imine (C=N–C) groups is 1. The number of nitrogens with one attached hydrogen (secondary N) is 1. The zero-order valence-corrected chi connectivity index (χ0v) is 15.2. The van der Waals surface area contributed by atoms with Crippen molar-refractivity contribution in [2.24, 2.45) is 4.99 Å². The number of rotatable bonds is 4. The van der Waals surface area contributed by atoms with Crippen LogP contribution in [0.4, 0.5) is 4.79 Å². The van der Waals surface area contributed by atoms with Gasteiger partial charge < -0.3 is 19.5 Å². The SMILES string of the molecule is CN1C(=O)C2C(NC(=NCc3ccco3)N2Cc2ccccc2)N(C)C1=O. The van der Waals surface area contributed by atoms with Crippen molar-refractivity contribution < 1.29 is 14.0 Å². The van der Waals surface area contributed by atoms with E-state index >= 15 is 0 Å². The summed E-state index contributed by atoms with van der Waals surface area (Å²) in [5, 5.41) is 3.25. The average molecular weight is 367 g/mol. The Kier molecular flexibility index (Phi) is 4.31. The molecule has 3 amide bonds. The predicted octanol–water partition coefficient (Wildman–Crippen LogP) is 1.46. The Labute approximate surface area is 157 Å². The van der Waals surface area contributed by atoms with Gasteiger partial charge in [-0.05, 0) is 17.7 Å². The van der Waals surface area contributed by atoms with E-state index in [2.05, 4.69) is 10.3 Å². The van der Waals surface area contributed by atoms with Crippen molar-refractivity contribution in [2.75, 3.05) is 14.1 Å². The Morgan fingerprint density at radius 1 is 1.11 bits per heavy atom. The van der Waals surface area contributed by atoms with E-state index in [-0.39, 0.29) is 11.9 Å². The zero-order valence-electron chi connectivity index (χ0n) is 15.2. The number of guanidine groups is 1. The summed E-state index contributed by atoms with van der Waals surface area (Å²) in [5.41, 5.74) is 1.06. The monoisotopic (exact) mass is 367 g/mol. The first-order chi connectivity index (χ1) is 13.1. The molecule has 4 rings (SSSR count). The van der Waals surface area contributed by atoms with Crippen molar-refractivity contribution in [3.63, 3.8) is 0 Å². The quantitative estimate of drug-likeness (QED) is 0.885. The highest BCUT2D eigenvalue weighted by atomic mass is 16.3. The van der Waals surface area contributed by atoms with Crippen molar-refractivity contribution in [3.8, 4) is 0 Å². The van der Waals surface area contributed by atoms with Crippen LogP contribution < -0.4 is 5.32 Å². The highest BCUT2D eigenvalue weighted by Crippen LogP contribution is 2.26. The second-order valence-electron chi connectivity index (χ2n) is 6.66. The molecule has 0 aliphatic carbocycles. The lowest BCUT2D eigenvalue weighted by molar-refractivity contribution is -0.136. The van der Waals surface area contributed by atoms with Gasteiger partial charge in [0.05, 0.1) is 6.26 Å². The summed E-state index contributed by atoms with van der Waals surface area (Å²) in [6.45, 7) is 0.857. The number of likely N-dealkylation sites (N-methyl/N-ethyl adjacent to an activating group) is 2. The van der Waals surface area contributed by atoms with Gasteiger partial charge in [-0.25, -0.2) is 9.79 Å². The molecule has 0 spiro atoms. The van der Waals surface area contributed by atoms with E-state index < -0.39 is 12.2 Å². The van der Waals surface area contributed by atoms with E-state index in [1.807, 2.05) is 47.4 Å². The molecule has 3 heterocycles. The Balaban J connectivity index is 1.67. The van der Waals surface area contributed by atoms with Gasteiger partial charge in [0.15, 0.2) is 12.0 Å². The molecule has 2 aliphatic rings. The van der Waals surface area contributed by atoms with E-state index in [0.29, 0.717) is 19.0 Å². The molecule has 0 bridgehead atoms. The van der Waals surface area contributed by atoms with E-state index in [4.69, 9.17) is 4.42 Å². The maximum absolute atomic E-state index is 12.9. The Morgan fingerprint density at radius 2 is 1.89 bits per heavy atom. The van der Waals surface area contributed by atoms with Crippen LogP contribution in [0.2, 0.25) is 0 Å². The number of hydrogen-bond acceptors (Lipinski definition) is 4. The van der Waals surface area contributed by atoms with Crippen LogP contribution in [-0.2, 0) is 17.9 Å². The highest BCUT2D eigenvalue weighted by molar-refractivity contribution is 6.04. The summed E-state index contributed by atoms with van der Waals surface area (Å²) in [7, 11) is 3.20. The topological polar surface area (TPSA) is 81.4 Å².